The van der Waals surface area contributed by atoms with E-state index >= 15 is 0 Å². The van der Waals surface area contributed by atoms with Gasteiger partial charge in [-0.25, -0.2) is 14.4 Å². The molecule has 0 aromatic heterocycles. The maximum atomic E-state index is 14.5. The fraction of sp³-hybridized carbons (Fsp3) is 0.658. The van der Waals surface area contributed by atoms with Crippen LogP contribution in [0.4, 0.5) is 0 Å². The Balaban J connectivity index is 1.37. The van der Waals surface area contributed by atoms with Crippen LogP contribution in [0.5, 0.6) is 0 Å². The fourth-order valence-corrected chi connectivity index (χ4v) is 12.1. The Hall–Kier alpha value is -3.57. The number of allylic oxidation sites excluding steroid dienone is 2. The summed E-state index contributed by atoms with van der Waals surface area (Å²) in [6.45, 7) is 9.67. The van der Waals surface area contributed by atoms with Gasteiger partial charge in [0.25, 0.3) is 0 Å². The van der Waals surface area contributed by atoms with Crippen molar-refractivity contribution in [2.75, 3.05) is 20.3 Å². The van der Waals surface area contributed by atoms with E-state index in [1.165, 1.54) is 21.0 Å². The van der Waals surface area contributed by atoms with Gasteiger partial charge in [-0.1, -0.05) is 25.5 Å². The Kier molecular flexibility index (Phi) is 6.67. The molecule has 0 amide bonds. The zero-order valence-corrected chi connectivity index (χ0v) is 29.0. The normalized spacial score (nSPS) is 46.1. The molecule has 0 bridgehead atoms. The molecule has 0 saturated heterocycles. The highest BCUT2D eigenvalue weighted by Crippen LogP contribution is 2.83. The maximum Gasteiger partial charge on any atom is 0.338 e. The monoisotopic (exact) mass is 676 g/mol. The molecule has 262 valence electrons. The third-order valence-corrected chi connectivity index (χ3v) is 14.6. The van der Waals surface area contributed by atoms with Crippen LogP contribution in [0.15, 0.2) is 45.1 Å². The van der Waals surface area contributed by atoms with Gasteiger partial charge in [-0.3, -0.25) is 9.59 Å². The van der Waals surface area contributed by atoms with Crippen LogP contribution in [-0.4, -0.2) is 77.5 Å². The van der Waals surface area contributed by atoms with E-state index in [4.69, 9.17) is 18.9 Å². The Morgan fingerprint density at radius 3 is 2.35 bits per heavy atom. The average molecular weight is 677 g/mol. The highest BCUT2D eigenvalue weighted by Gasteiger charge is 2.84. The Morgan fingerprint density at radius 1 is 0.980 bits per heavy atom. The van der Waals surface area contributed by atoms with Gasteiger partial charge in [0.2, 0.25) is 0 Å². The number of carbonyl (C=O) groups excluding carboxylic acids is 5. The highest BCUT2D eigenvalue weighted by atomic mass is 16.6. The number of carbonyl (C=O) groups is 5. The van der Waals surface area contributed by atoms with Crippen molar-refractivity contribution >= 4 is 29.7 Å². The number of rotatable bonds is 6. The number of Topliss-reactive ketones (excluding diaryl/α,β-unsaturated/α-hetero) is 1. The van der Waals surface area contributed by atoms with Crippen molar-refractivity contribution in [3.05, 3.63) is 45.1 Å². The standard InChI is InChI=1S/C38H44O11/c1-8-15(2)32(42)48-14-37(45)24-11-23(24)35(5)25(37)12-22-20(13-47-17(4)39)34(44)49-38(22)26(35)10-19-18-9-21(18)36(6)28(19)29(38)27(30(40)31(36)41)16(3)33(43)46-7/h8,18,21,23-26,29,31,41,45H,9-14H2,1-7H3/b15-8+,27-16-/t18-,21-,23-,24+,25-,26?,29+,31+,35+,36+,37+,38+/m1/s1. The van der Waals surface area contributed by atoms with Crippen molar-refractivity contribution in [1.29, 1.82) is 0 Å². The third kappa shape index (κ3) is 3.73. The largest absolute Gasteiger partial charge is 0.466 e. The summed E-state index contributed by atoms with van der Waals surface area (Å²) >= 11 is 0. The molecule has 8 aliphatic rings. The molecule has 5 saturated carbocycles. The number of aliphatic hydroxyl groups excluding tert-OH is 1. The first-order valence-electron chi connectivity index (χ1n) is 17.4. The van der Waals surface area contributed by atoms with Gasteiger partial charge in [0, 0.05) is 40.9 Å². The van der Waals surface area contributed by atoms with E-state index in [9.17, 15) is 34.2 Å². The summed E-state index contributed by atoms with van der Waals surface area (Å²) in [6, 6.07) is 0. The van der Waals surface area contributed by atoms with Gasteiger partial charge in [0.1, 0.15) is 30.5 Å². The molecule has 1 heterocycles. The Morgan fingerprint density at radius 2 is 1.69 bits per heavy atom. The lowest BCUT2D eigenvalue weighted by atomic mass is 9.42. The van der Waals surface area contributed by atoms with Crippen molar-refractivity contribution in [3.63, 3.8) is 0 Å². The number of ether oxygens (including phenoxy) is 4. The minimum atomic E-state index is -1.44. The van der Waals surface area contributed by atoms with Crippen LogP contribution in [0.3, 0.4) is 0 Å². The van der Waals surface area contributed by atoms with Crippen LogP contribution in [0.25, 0.3) is 0 Å². The number of aliphatic hydroxyl groups is 2. The van der Waals surface area contributed by atoms with Crippen LogP contribution >= 0.6 is 0 Å². The molecule has 0 radical (unpaired) electrons. The Labute approximate surface area is 284 Å². The van der Waals surface area contributed by atoms with E-state index in [0.717, 1.165) is 17.6 Å². The molecule has 0 aromatic carbocycles. The number of esters is 4. The van der Waals surface area contributed by atoms with Crippen LogP contribution < -0.4 is 0 Å². The van der Waals surface area contributed by atoms with Crippen LogP contribution in [-0.2, 0) is 42.9 Å². The molecule has 12 atom stereocenters. The molecule has 1 spiro atoms. The summed E-state index contributed by atoms with van der Waals surface area (Å²) in [7, 11) is 1.24. The second kappa shape index (κ2) is 10.0. The molecule has 1 aliphatic heterocycles. The second-order valence-electron chi connectivity index (χ2n) is 16.2. The summed E-state index contributed by atoms with van der Waals surface area (Å²) in [5.41, 5.74) is -1.10. The summed E-state index contributed by atoms with van der Waals surface area (Å²) in [4.78, 5) is 66.8. The Bertz CT molecular complexity index is 1800. The van der Waals surface area contributed by atoms with E-state index in [2.05, 4.69) is 6.92 Å². The van der Waals surface area contributed by atoms with Gasteiger partial charge >= 0.3 is 23.9 Å². The van der Waals surface area contributed by atoms with E-state index < -0.39 is 75.6 Å². The highest BCUT2D eigenvalue weighted by molar-refractivity contribution is 6.09. The third-order valence-electron chi connectivity index (χ3n) is 14.6. The van der Waals surface area contributed by atoms with E-state index in [-0.39, 0.29) is 60.0 Å². The van der Waals surface area contributed by atoms with Gasteiger partial charge < -0.3 is 29.2 Å². The van der Waals surface area contributed by atoms with Crippen LogP contribution in [0.2, 0.25) is 0 Å². The molecular weight excluding hydrogens is 632 g/mol. The molecule has 1 unspecified atom stereocenters. The maximum absolute atomic E-state index is 14.5. The predicted octanol–water partition coefficient (Wildman–Crippen LogP) is 3.08. The molecular formula is C38H44O11. The lowest BCUT2D eigenvalue weighted by molar-refractivity contribution is -0.191. The molecule has 11 heteroatoms. The van der Waals surface area contributed by atoms with Gasteiger partial charge in [-0.2, -0.15) is 0 Å². The number of methoxy groups -OCH3 is 1. The summed E-state index contributed by atoms with van der Waals surface area (Å²) in [6.07, 6.45) is 2.50. The lowest BCUT2D eigenvalue weighted by Gasteiger charge is -2.63. The predicted molar refractivity (Wildman–Crippen MR) is 170 cm³/mol. The van der Waals surface area contributed by atoms with Crippen molar-refractivity contribution in [1.82, 2.24) is 0 Å². The number of hydrogen-bond donors (Lipinski definition) is 2. The van der Waals surface area contributed by atoms with Gasteiger partial charge in [0.05, 0.1) is 18.6 Å². The summed E-state index contributed by atoms with van der Waals surface area (Å²) in [5.74, 6) is -4.77. The number of fused-ring (bicyclic) bond motifs is 7. The van der Waals surface area contributed by atoms with Crippen LogP contribution in [0, 0.1) is 52.3 Å². The molecule has 7 aliphatic carbocycles. The molecule has 0 aromatic rings. The number of ketones is 1. The van der Waals surface area contributed by atoms with E-state index in [1.807, 2.05) is 6.92 Å². The zero-order valence-electron chi connectivity index (χ0n) is 29.0. The van der Waals surface area contributed by atoms with Gasteiger partial charge in [-0.15, -0.1) is 0 Å². The first-order valence-corrected chi connectivity index (χ1v) is 17.4. The minimum Gasteiger partial charge on any atom is -0.466 e. The van der Waals surface area contributed by atoms with E-state index in [0.29, 0.717) is 24.0 Å². The lowest BCUT2D eigenvalue weighted by Crippen LogP contribution is -2.67. The van der Waals surface area contributed by atoms with Crippen molar-refractivity contribution in [2.45, 2.75) is 84.5 Å². The molecule has 8 rings (SSSR count). The average Bonchev–Trinajstić information content (AvgIpc) is 3.98. The summed E-state index contributed by atoms with van der Waals surface area (Å²) < 4.78 is 23.0. The van der Waals surface area contributed by atoms with Crippen LogP contribution in [0.1, 0.15) is 67.2 Å². The van der Waals surface area contributed by atoms with Gasteiger partial charge in [0.15, 0.2) is 5.78 Å². The smallest absolute Gasteiger partial charge is 0.338 e. The molecule has 11 nitrogen and oxygen atoms in total. The zero-order chi connectivity index (χ0) is 35.3. The molecule has 49 heavy (non-hydrogen) atoms. The number of hydrogen-bond acceptors (Lipinski definition) is 11. The molecule has 2 N–H and O–H groups in total. The SMILES string of the molecule is C/C=C(\C)C(=O)OC[C@]1(O)[C@H]2C[C@H]2[C@]2(C)C3CC4=C5[C@H](/C(=C(\C)C(=O)OC)C(=O)[C@H](O)[C@@]5(C)[C@@H]5C[C@H]45)[C@@]34OC(=O)C(COC(C)=O)=C4C[C@@H]12. The minimum absolute atomic E-state index is 0.0209. The quantitative estimate of drug-likeness (QED) is 0.184. The molecule has 5 fully saturated rings. The van der Waals surface area contributed by atoms with Crippen molar-refractivity contribution in [3.8, 4) is 0 Å². The van der Waals surface area contributed by atoms with E-state index in [1.54, 1.807) is 19.9 Å². The first kappa shape index (κ1) is 32.6. The van der Waals surface area contributed by atoms with Gasteiger partial charge in [-0.05, 0) is 86.7 Å². The van der Waals surface area contributed by atoms with Crippen molar-refractivity contribution < 1.29 is 53.1 Å². The summed E-state index contributed by atoms with van der Waals surface area (Å²) in [5, 5.41) is 24.4. The van der Waals surface area contributed by atoms with Crippen molar-refractivity contribution in [2.24, 2.45) is 52.3 Å². The second-order valence-corrected chi connectivity index (χ2v) is 16.2. The fourth-order valence-electron chi connectivity index (χ4n) is 12.1. The topological polar surface area (TPSA) is 163 Å². The first-order chi connectivity index (χ1) is 23.0.